The third-order valence-corrected chi connectivity index (χ3v) is 7.81. The number of nitrogens with zero attached hydrogens (tertiary/aromatic N) is 5. The number of halogens is 4. The number of hydrogen-bond donors (Lipinski definition) is 0. The molecule has 1 unspecified atom stereocenters. The average Bonchev–Trinajstić information content (AvgIpc) is 3.33. The van der Waals surface area contributed by atoms with Gasteiger partial charge in [0.2, 0.25) is 5.95 Å². The molecule has 2 saturated heterocycles. The molecular weight excluding hydrogens is 478 g/mol. The van der Waals surface area contributed by atoms with Crippen molar-refractivity contribution in [2.45, 2.75) is 43.2 Å². The second kappa shape index (κ2) is 10.1. The van der Waals surface area contributed by atoms with Crippen molar-refractivity contribution < 1.29 is 31.1 Å². The van der Waals surface area contributed by atoms with Crippen molar-refractivity contribution >= 4 is 16.3 Å². The molecule has 1 aromatic carbocycles. The largest absolute Gasteiger partial charge is 0.593 e. The van der Waals surface area contributed by atoms with Gasteiger partial charge in [0.15, 0.2) is 21.9 Å². The number of piperidine rings is 1. The Hall–Kier alpha value is -2.38. The van der Waals surface area contributed by atoms with Crippen molar-refractivity contribution in [3.05, 3.63) is 35.9 Å². The van der Waals surface area contributed by atoms with Crippen molar-refractivity contribution in [2.24, 2.45) is 5.92 Å². The molecule has 34 heavy (non-hydrogen) atoms. The van der Waals surface area contributed by atoms with Crippen LogP contribution in [0.5, 0.6) is 6.01 Å². The summed E-state index contributed by atoms with van der Waals surface area (Å²) < 4.78 is 82.8. The van der Waals surface area contributed by atoms with Gasteiger partial charge in [-0.1, -0.05) is 4.21 Å². The lowest BCUT2D eigenvalue weighted by atomic mass is 9.94. The van der Waals surface area contributed by atoms with Gasteiger partial charge in [0, 0.05) is 32.6 Å². The first-order chi connectivity index (χ1) is 16.1. The Labute approximate surface area is 195 Å². The van der Waals surface area contributed by atoms with Crippen molar-refractivity contribution in [1.29, 1.82) is 0 Å². The Morgan fingerprint density at radius 3 is 2.29 bits per heavy atom. The van der Waals surface area contributed by atoms with Crippen LogP contribution in [0.3, 0.4) is 0 Å². The Morgan fingerprint density at radius 1 is 1.03 bits per heavy atom. The summed E-state index contributed by atoms with van der Waals surface area (Å²) in [6.45, 7) is 0.469. The first-order valence-corrected chi connectivity index (χ1v) is 12.5. The van der Waals surface area contributed by atoms with Gasteiger partial charge in [0.1, 0.15) is 11.6 Å². The average molecular weight is 504 g/mol. The number of alkyl halides is 3. The van der Waals surface area contributed by atoms with E-state index in [4.69, 9.17) is 4.74 Å². The highest BCUT2D eigenvalue weighted by Crippen LogP contribution is 2.29. The molecule has 3 heterocycles. The summed E-state index contributed by atoms with van der Waals surface area (Å²) in [7, 11) is -3.73. The normalized spacial score (nSPS) is 19.9. The molecule has 2 aliphatic rings. The van der Waals surface area contributed by atoms with Crippen LogP contribution < -0.4 is 9.64 Å². The van der Waals surface area contributed by atoms with Crippen LogP contribution in [-0.4, -0.2) is 62.8 Å². The Kier molecular flexibility index (Phi) is 7.33. The number of rotatable bonds is 7. The molecule has 186 valence electrons. The fourth-order valence-corrected chi connectivity index (χ4v) is 5.58. The predicted molar refractivity (Wildman–Crippen MR) is 114 cm³/mol. The van der Waals surface area contributed by atoms with Gasteiger partial charge >= 0.3 is 12.2 Å². The lowest BCUT2D eigenvalue weighted by Gasteiger charge is -2.33. The third kappa shape index (κ3) is 6.19. The summed E-state index contributed by atoms with van der Waals surface area (Å²) >= 11 is 0. The van der Waals surface area contributed by atoms with E-state index in [1.807, 2.05) is 4.90 Å². The number of hydrogen-bond acceptors (Lipinski definition) is 7. The van der Waals surface area contributed by atoms with E-state index >= 15 is 0 Å². The molecule has 1 aromatic heterocycles. The van der Waals surface area contributed by atoms with Crippen molar-refractivity contribution in [3.8, 4) is 6.01 Å². The van der Waals surface area contributed by atoms with Crippen LogP contribution in [0.25, 0.3) is 0 Å². The van der Waals surface area contributed by atoms with Gasteiger partial charge in [-0.25, -0.2) is 4.39 Å². The monoisotopic (exact) mass is 503 g/mol. The summed E-state index contributed by atoms with van der Waals surface area (Å²) in [5, 5.41) is 0. The maximum Gasteiger partial charge on any atom is 0.422 e. The van der Waals surface area contributed by atoms with E-state index in [2.05, 4.69) is 15.0 Å². The maximum atomic E-state index is 13.1. The number of sulfonamides is 1. The van der Waals surface area contributed by atoms with Gasteiger partial charge in [-0.3, -0.25) is 0 Å². The van der Waals surface area contributed by atoms with Crippen LogP contribution in [0.2, 0.25) is 0 Å². The molecule has 0 spiro atoms. The standard InChI is InChI=1S/C21H25F4N5O3S/c22-16-3-5-17(6-4-16)34(31,32)30-11-7-15(8-12-30)13-18-26-19(29-9-1-2-10-29)28-20(27-18)33-14-21(23,24)25/h3-6,15H,1-2,7-14H2. The molecule has 2 aliphatic heterocycles. The van der Waals surface area contributed by atoms with Gasteiger partial charge in [-0.2, -0.15) is 28.1 Å². The quantitative estimate of drug-likeness (QED) is 0.422. The summed E-state index contributed by atoms with van der Waals surface area (Å²) in [6, 6.07) is 4.34. The smallest absolute Gasteiger partial charge is 0.422 e. The molecule has 0 amide bonds. The van der Waals surface area contributed by atoms with Gasteiger partial charge < -0.3 is 14.2 Å². The Balaban J connectivity index is 1.42. The van der Waals surface area contributed by atoms with E-state index < -0.39 is 29.0 Å². The Morgan fingerprint density at radius 2 is 1.68 bits per heavy atom. The van der Waals surface area contributed by atoms with E-state index in [0.717, 1.165) is 25.0 Å². The summed E-state index contributed by atoms with van der Waals surface area (Å²) in [4.78, 5) is 14.5. The molecule has 0 saturated carbocycles. The highest BCUT2D eigenvalue weighted by molar-refractivity contribution is 7.95. The summed E-state index contributed by atoms with van der Waals surface area (Å²) in [6.07, 6.45) is -1.19. The molecule has 2 aromatic rings. The minimum Gasteiger partial charge on any atom is -0.593 e. The zero-order chi connectivity index (χ0) is 24.3. The molecule has 2 fully saturated rings. The molecular formula is C21H25F4N5O3S. The lowest BCUT2D eigenvalue weighted by molar-refractivity contribution is -0.154. The van der Waals surface area contributed by atoms with Crippen LogP contribution in [0.1, 0.15) is 31.5 Å². The molecule has 0 N–H and O–H groups in total. The first-order valence-electron chi connectivity index (χ1n) is 11.1. The molecule has 0 aliphatic carbocycles. The lowest BCUT2D eigenvalue weighted by Crippen LogP contribution is -2.42. The van der Waals surface area contributed by atoms with E-state index in [1.165, 1.54) is 16.4 Å². The number of benzene rings is 1. The molecule has 13 heteroatoms. The molecule has 4 rings (SSSR count). The van der Waals surface area contributed by atoms with Crippen LogP contribution in [0.4, 0.5) is 23.5 Å². The number of anilines is 1. The number of ether oxygens (including phenoxy) is 1. The molecule has 0 radical (unpaired) electrons. The van der Waals surface area contributed by atoms with Gasteiger partial charge in [0.25, 0.3) is 0 Å². The zero-order valence-corrected chi connectivity index (χ0v) is 19.2. The van der Waals surface area contributed by atoms with Gasteiger partial charge in [-0.05, 0) is 55.9 Å². The van der Waals surface area contributed by atoms with E-state index in [-0.39, 0.29) is 29.9 Å². The zero-order valence-electron chi connectivity index (χ0n) is 18.3. The molecule has 0 bridgehead atoms. The van der Waals surface area contributed by atoms with E-state index in [0.29, 0.717) is 44.1 Å². The number of aromatic nitrogens is 3. The predicted octanol–water partition coefficient (Wildman–Crippen LogP) is 3.41. The third-order valence-electron chi connectivity index (χ3n) is 5.90. The van der Waals surface area contributed by atoms with Crippen LogP contribution in [-0.2, 0) is 21.0 Å². The van der Waals surface area contributed by atoms with E-state index in [9.17, 15) is 26.3 Å². The second-order valence-corrected chi connectivity index (χ2v) is 10.4. The fraction of sp³-hybridized carbons (Fsp3) is 0.571. The fourth-order valence-electron chi connectivity index (χ4n) is 4.11. The minimum absolute atomic E-state index is 0.0338. The van der Waals surface area contributed by atoms with Crippen LogP contribution in [0.15, 0.2) is 29.2 Å². The van der Waals surface area contributed by atoms with Gasteiger partial charge in [-0.15, -0.1) is 4.31 Å². The van der Waals surface area contributed by atoms with Crippen LogP contribution in [0, 0.1) is 11.7 Å². The van der Waals surface area contributed by atoms with Crippen molar-refractivity contribution in [1.82, 2.24) is 19.3 Å². The van der Waals surface area contributed by atoms with Gasteiger partial charge in [0.05, 0.1) is 0 Å². The van der Waals surface area contributed by atoms with Crippen LogP contribution >= 0.6 is 0 Å². The highest BCUT2D eigenvalue weighted by Gasteiger charge is 2.34. The summed E-state index contributed by atoms with van der Waals surface area (Å²) in [5.41, 5.74) is 0. The second-order valence-electron chi connectivity index (χ2n) is 8.44. The molecule has 8 nitrogen and oxygen atoms in total. The minimum atomic E-state index is -4.51. The molecule has 1 atom stereocenters. The van der Waals surface area contributed by atoms with Crippen molar-refractivity contribution in [3.63, 3.8) is 0 Å². The highest BCUT2D eigenvalue weighted by atomic mass is 32.3. The SMILES string of the molecule is O=[S+]([O-])(c1ccc(F)cc1)N1CCC(Cc2nc(OCC(F)(F)F)nc(N3CCCC3)n2)CC1. The topological polar surface area (TPSA) is 94.5 Å². The van der Waals surface area contributed by atoms with E-state index in [1.54, 1.807) is 0 Å². The first kappa shape index (κ1) is 24.7. The maximum absolute atomic E-state index is 13.1. The summed E-state index contributed by atoms with van der Waals surface area (Å²) in [5.74, 6) is 0.163. The van der Waals surface area contributed by atoms with Crippen molar-refractivity contribution in [2.75, 3.05) is 37.7 Å². The Bertz CT molecular complexity index is 1030.